The molecule has 0 aliphatic heterocycles. The molecule has 106 valence electrons. The third kappa shape index (κ3) is 3.11. The molecule has 1 aromatic carbocycles. The lowest BCUT2D eigenvalue weighted by Crippen LogP contribution is -2.06. The Morgan fingerprint density at radius 3 is 2.76 bits per heavy atom. The number of hydrogen-bond donors (Lipinski definition) is 1. The zero-order valence-electron chi connectivity index (χ0n) is 11.1. The van der Waals surface area contributed by atoms with Crippen molar-refractivity contribution >= 4 is 23.0 Å². The van der Waals surface area contributed by atoms with Crippen LogP contribution in [0.2, 0.25) is 0 Å². The largest absolute Gasteiger partial charge is 0.455 e. The highest BCUT2D eigenvalue weighted by molar-refractivity contribution is 7.09. The summed E-state index contributed by atoms with van der Waals surface area (Å²) >= 11 is 1.55. The molecule has 5 nitrogen and oxygen atoms in total. The summed E-state index contributed by atoms with van der Waals surface area (Å²) < 4.78 is 6.83. The van der Waals surface area contributed by atoms with Crippen molar-refractivity contribution in [2.24, 2.45) is 0 Å². The monoisotopic (exact) mass is 299 g/mol. The Morgan fingerprint density at radius 1 is 1.24 bits per heavy atom. The summed E-state index contributed by atoms with van der Waals surface area (Å²) in [4.78, 5) is 12.9. The van der Waals surface area contributed by atoms with Crippen molar-refractivity contribution in [1.29, 1.82) is 0 Å². The Morgan fingerprint density at radius 2 is 2.05 bits per heavy atom. The van der Waals surface area contributed by atoms with E-state index in [0.717, 1.165) is 10.6 Å². The highest BCUT2D eigenvalue weighted by Crippen LogP contribution is 2.13. The van der Waals surface area contributed by atoms with Crippen molar-refractivity contribution < 1.29 is 9.53 Å². The molecular formula is C15H13N3O2S. The molecule has 2 heterocycles. The summed E-state index contributed by atoms with van der Waals surface area (Å²) in [6.45, 7) is 0.269. The minimum absolute atomic E-state index is 0.269. The van der Waals surface area contributed by atoms with Crippen molar-refractivity contribution in [2.45, 2.75) is 6.61 Å². The zero-order valence-corrected chi connectivity index (χ0v) is 11.9. The minimum atomic E-state index is -0.433. The number of nitrogens with two attached hydrogens (primary N) is 1. The normalized spacial score (nSPS) is 10.5. The third-order valence-electron chi connectivity index (χ3n) is 2.88. The van der Waals surface area contributed by atoms with Crippen LogP contribution in [-0.2, 0) is 11.3 Å². The van der Waals surface area contributed by atoms with E-state index in [1.165, 1.54) is 0 Å². The zero-order chi connectivity index (χ0) is 14.7. The van der Waals surface area contributed by atoms with Crippen LogP contribution in [0.5, 0.6) is 0 Å². The molecule has 0 amide bonds. The summed E-state index contributed by atoms with van der Waals surface area (Å²) in [5.41, 5.74) is 7.44. The van der Waals surface area contributed by atoms with Gasteiger partial charge >= 0.3 is 5.97 Å². The molecule has 0 saturated heterocycles. The average Bonchev–Trinajstić information content (AvgIpc) is 3.17. The lowest BCUT2D eigenvalue weighted by Gasteiger charge is -2.02. The Labute approximate surface area is 125 Å². The molecule has 0 saturated carbocycles. The van der Waals surface area contributed by atoms with Gasteiger partial charge in [0, 0.05) is 16.8 Å². The van der Waals surface area contributed by atoms with Crippen LogP contribution in [0, 0.1) is 0 Å². The first kappa shape index (κ1) is 13.4. The van der Waals surface area contributed by atoms with Crippen LogP contribution in [0.1, 0.15) is 15.4 Å². The van der Waals surface area contributed by atoms with Gasteiger partial charge in [-0.15, -0.1) is 11.3 Å². The van der Waals surface area contributed by atoms with Crippen LogP contribution in [0.15, 0.2) is 54.0 Å². The molecule has 6 heteroatoms. The summed E-state index contributed by atoms with van der Waals surface area (Å²) in [5.74, 6) is -0.433. The van der Waals surface area contributed by atoms with Gasteiger partial charge in [0.1, 0.15) is 6.61 Å². The van der Waals surface area contributed by atoms with Gasteiger partial charge in [-0.1, -0.05) is 6.07 Å². The maximum absolute atomic E-state index is 11.9. The first-order chi connectivity index (χ1) is 10.2. The maximum Gasteiger partial charge on any atom is 0.359 e. The van der Waals surface area contributed by atoms with Gasteiger partial charge in [-0.05, 0) is 41.8 Å². The average molecular weight is 299 g/mol. The van der Waals surface area contributed by atoms with Gasteiger partial charge in [-0.2, -0.15) is 5.10 Å². The molecule has 0 spiro atoms. The Bertz CT molecular complexity index is 733. The number of ether oxygens (including phenoxy) is 1. The van der Waals surface area contributed by atoms with Crippen molar-refractivity contribution in [3.63, 3.8) is 0 Å². The van der Waals surface area contributed by atoms with Crippen molar-refractivity contribution in [1.82, 2.24) is 9.78 Å². The van der Waals surface area contributed by atoms with Gasteiger partial charge in [0.05, 0.1) is 5.69 Å². The van der Waals surface area contributed by atoms with Gasteiger partial charge in [0.25, 0.3) is 0 Å². The highest BCUT2D eigenvalue weighted by Gasteiger charge is 2.12. The second-order valence-corrected chi connectivity index (χ2v) is 5.42. The number of hydrogen-bond acceptors (Lipinski definition) is 5. The number of esters is 1. The predicted molar refractivity (Wildman–Crippen MR) is 81.4 cm³/mol. The number of carbonyl (C=O) groups excluding carboxylic acids is 1. The molecule has 0 bridgehead atoms. The van der Waals surface area contributed by atoms with Gasteiger partial charge < -0.3 is 10.5 Å². The van der Waals surface area contributed by atoms with E-state index < -0.39 is 5.97 Å². The van der Waals surface area contributed by atoms with Crippen LogP contribution in [0.3, 0.4) is 0 Å². The van der Waals surface area contributed by atoms with E-state index in [0.29, 0.717) is 5.69 Å². The second kappa shape index (κ2) is 5.80. The van der Waals surface area contributed by atoms with E-state index in [9.17, 15) is 4.79 Å². The number of benzene rings is 1. The van der Waals surface area contributed by atoms with Gasteiger partial charge in [-0.25, -0.2) is 9.48 Å². The molecule has 3 rings (SSSR count). The van der Waals surface area contributed by atoms with Crippen LogP contribution in [0.25, 0.3) is 5.69 Å². The molecule has 0 aliphatic carbocycles. The molecule has 0 aliphatic rings. The number of aromatic nitrogens is 2. The van der Waals surface area contributed by atoms with Crippen molar-refractivity contribution in [2.75, 3.05) is 5.73 Å². The van der Waals surface area contributed by atoms with Crippen LogP contribution < -0.4 is 5.73 Å². The second-order valence-electron chi connectivity index (χ2n) is 4.39. The number of anilines is 1. The maximum atomic E-state index is 11.9. The third-order valence-corrected chi connectivity index (χ3v) is 3.73. The summed E-state index contributed by atoms with van der Waals surface area (Å²) in [6, 6.07) is 12.7. The topological polar surface area (TPSA) is 70.1 Å². The van der Waals surface area contributed by atoms with Crippen LogP contribution in [-0.4, -0.2) is 15.7 Å². The SMILES string of the molecule is Nc1ccc(-n2ccc(C(=O)OCc3cccs3)n2)cc1. The molecular weight excluding hydrogens is 286 g/mol. The fourth-order valence-corrected chi connectivity index (χ4v) is 2.43. The summed E-state index contributed by atoms with van der Waals surface area (Å²) in [6.07, 6.45) is 1.72. The fraction of sp³-hybridized carbons (Fsp3) is 0.0667. The van der Waals surface area contributed by atoms with E-state index in [1.54, 1.807) is 40.4 Å². The van der Waals surface area contributed by atoms with Gasteiger partial charge in [-0.3, -0.25) is 0 Å². The molecule has 3 aromatic rings. The number of nitrogens with zero attached hydrogens (tertiary/aromatic N) is 2. The van der Waals surface area contributed by atoms with Crippen molar-refractivity contribution in [3.05, 3.63) is 64.6 Å². The van der Waals surface area contributed by atoms with Crippen LogP contribution in [0.4, 0.5) is 5.69 Å². The number of rotatable bonds is 4. The van der Waals surface area contributed by atoms with Gasteiger partial charge in [0.15, 0.2) is 5.69 Å². The molecule has 21 heavy (non-hydrogen) atoms. The van der Waals surface area contributed by atoms with E-state index in [4.69, 9.17) is 10.5 Å². The Kier molecular flexibility index (Phi) is 3.70. The van der Waals surface area contributed by atoms with E-state index in [2.05, 4.69) is 5.10 Å². The standard InChI is InChI=1S/C15H13N3O2S/c16-11-3-5-12(6-4-11)18-8-7-14(17-18)15(19)20-10-13-2-1-9-21-13/h1-9H,10,16H2. The smallest absolute Gasteiger partial charge is 0.359 e. The number of thiophene rings is 1. The highest BCUT2D eigenvalue weighted by atomic mass is 32.1. The quantitative estimate of drug-likeness (QED) is 0.594. The number of nitrogen functional groups attached to an aromatic ring is 1. The van der Waals surface area contributed by atoms with E-state index >= 15 is 0 Å². The minimum Gasteiger partial charge on any atom is -0.455 e. The molecule has 2 N–H and O–H groups in total. The molecule has 0 atom stereocenters. The summed E-state index contributed by atoms with van der Waals surface area (Å²) in [5, 5.41) is 6.16. The Balaban J connectivity index is 1.69. The Hall–Kier alpha value is -2.60. The lowest BCUT2D eigenvalue weighted by atomic mass is 10.3. The number of carbonyl (C=O) groups is 1. The first-order valence-electron chi connectivity index (χ1n) is 6.33. The van der Waals surface area contributed by atoms with Crippen LogP contribution >= 0.6 is 11.3 Å². The predicted octanol–water partition coefficient (Wildman–Crippen LogP) is 2.87. The summed E-state index contributed by atoms with van der Waals surface area (Å²) in [7, 11) is 0. The first-order valence-corrected chi connectivity index (χ1v) is 7.21. The van der Waals surface area contributed by atoms with E-state index in [1.807, 2.05) is 29.6 Å². The van der Waals surface area contributed by atoms with E-state index in [-0.39, 0.29) is 12.3 Å². The molecule has 0 fully saturated rings. The molecule has 2 aromatic heterocycles. The molecule has 0 radical (unpaired) electrons. The fourth-order valence-electron chi connectivity index (χ4n) is 1.81. The molecule has 0 unspecified atom stereocenters. The van der Waals surface area contributed by atoms with Crippen molar-refractivity contribution in [3.8, 4) is 5.69 Å². The van der Waals surface area contributed by atoms with Gasteiger partial charge in [0.2, 0.25) is 0 Å². The lowest BCUT2D eigenvalue weighted by molar-refractivity contribution is 0.0469.